The van der Waals surface area contributed by atoms with Crippen LogP contribution in [-0.2, 0) is 9.59 Å². The molecule has 4 heteroatoms. The zero-order chi connectivity index (χ0) is 6.15. The van der Waals surface area contributed by atoms with E-state index in [0.29, 0.717) is 0 Å². The standard InChI is InChI=1S/C5H6O3.Li.H/c6-4-1-3(2-4)5(7)8;;/h3H,1-2H2,(H,7,8);;/q;+1;-1. The Morgan fingerprint density at radius 2 is 2.11 bits per heavy atom. The van der Waals surface area contributed by atoms with Crippen molar-refractivity contribution in [3.63, 3.8) is 0 Å². The van der Waals surface area contributed by atoms with Gasteiger partial charge in [-0.05, 0) is 0 Å². The van der Waals surface area contributed by atoms with E-state index in [1.807, 2.05) is 0 Å². The SMILES string of the molecule is O=C1CC(C(=O)O)C1.[H-].[Li+]. The number of hydrogen-bond donors (Lipinski definition) is 1. The van der Waals surface area contributed by atoms with E-state index < -0.39 is 5.97 Å². The van der Waals surface area contributed by atoms with Gasteiger partial charge in [-0.1, -0.05) is 0 Å². The minimum absolute atomic E-state index is 0. The van der Waals surface area contributed by atoms with E-state index in [2.05, 4.69) is 0 Å². The van der Waals surface area contributed by atoms with Gasteiger partial charge in [0.25, 0.3) is 0 Å². The van der Waals surface area contributed by atoms with E-state index >= 15 is 0 Å². The molecule has 0 bridgehead atoms. The Kier molecular flexibility index (Phi) is 2.96. The van der Waals surface area contributed by atoms with E-state index in [1.54, 1.807) is 0 Å². The monoisotopic (exact) mass is 122 g/mol. The fourth-order valence-corrected chi connectivity index (χ4v) is 0.664. The van der Waals surface area contributed by atoms with Crippen molar-refractivity contribution in [3.05, 3.63) is 0 Å². The summed E-state index contributed by atoms with van der Waals surface area (Å²) in [6.07, 6.45) is 0.491. The van der Waals surface area contributed by atoms with Crippen LogP contribution in [0.2, 0.25) is 0 Å². The number of aliphatic carboxylic acids is 1. The average molecular weight is 122 g/mol. The van der Waals surface area contributed by atoms with Gasteiger partial charge >= 0.3 is 24.8 Å². The molecule has 0 amide bonds. The number of carbonyl (C=O) groups is 2. The summed E-state index contributed by atoms with van der Waals surface area (Å²) in [5, 5.41) is 8.20. The van der Waals surface area contributed by atoms with Crippen LogP contribution < -0.4 is 18.9 Å². The van der Waals surface area contributed by atoms with Gasteiger partial charge in [0, 0.05) is 12.8 Å². The summed E-state index contributed by atoms with van der Waals surface area (Å²) in [6, 6.07) is 0. The number of rotatable bonds is 1. The van der Waals surface area contributed by atoms with Gasteiger partial charge in [0.1, 0.15) is 5.78 Å². The van der Waals surface area contributed by atoms with E-state index in [0.717, 1.165) is 0 Å². The molecule has 1 saturated carbocycles. The second-order valence-corrected chi connectivity index (χ2v) is 1.98. The fourth-order valence-electron chi connectivity index (χ4n) is 0.664. The number of carbonyl (C=O) groups excluding carboxylic acids is 1. The molecular weight excluding hydrogens is 115 g/mol. The van der Waals surface area contributed by atoms with E-state index in [-0.39, 0.29) is 44.8 Å². The van der Waals surface area contributed by atoms with Crippen LogP contribution in [-0.4, -0.2) is 16.9 Å². The van der Waals surface area contributed by atoms with Crippen LogP contribution in [0.5, 0.6) is 0 Å². The first-order valence-corrected chi connectivity index (χ1v) is 2.44. The first kappa shape index (κ1) is 8.74. The zero-order valence-electron chi connectivity index (χ0n) is 6.26. The molecule has 0 heterocycles. The molecule has 0 unspecified atom stereocenters. The van der Waals surface area contributed by atoms with Crippen molar-refractivity contribution in [2.75, 3.05) is 0 Å². The molecule has 1 N–H and O–H groups in total. The summed E-state index contributed by atoms with van der Waals surface area (Å²) in [6.45, 7) is 0. The van der Waals surface area contributed by atoms with E-state index in [9.17, 15) is 9.59 Å². The topological polar surface area (TPSA) is 54.4 Å². The van der Waals surface area contributed by atoms with Crippen molar-refractivity contribution in [1.82, 2.24) is 0 Å². The van der Waals surface area contributed by atoms with Crippen molar-refractivity contribution in [2.24, 2.45) is 5.92 Å². The van der Waals surface area contributed by atoms with Crippen LogP contribution in [0.25, 0.3) is 0 Å². The molecular formula is C5H7LiO3. The van der Waals surface area contributed by atoms with Gasteiger partial charge in [0.05, 0.1) is 5.92 Å². The predicted octanol–water partition coefficient (Wildman–Crippen LogP) is -2.83. The Bertz CT molecular complexity index is 140. The molecule has 0 radical (unpaired) electrons. The average Bonchev–Trinajstić information content (AvgIpc) is 1.57. The Hall–Kier alpha value is -0.263. The number of carboxylic acids is 1. The molecule has 3 nitrogen and oxygen atoms in total. The molecule has 0 atom stereocenters. The molecule has 0 aromatic carbocycles. The number of ketones is 1. The molecule has 0 aromatic rings. The van der Waals surface area contributed by atoms with Crippen LogP contribution >= 0.6 is 0 Å². The van der Waals surface area contributed by atoms with Gasteiger partial charge in [-0.15, -0.1) is 0 Å². The zero-order valence-corrected chi connectivity index (χ0v) is 5.26. The molecule has 9 heavy (non-hydrogen) atoms. The van der Waals surface area contributed by atoms with Crippen LogP contribution in [0.15, 0.2) is 0 Å². The summed E-state index contributed by atoms with van der Waals surface area (Å²) in [5.74, 6) is -1.15. The Balaban J connectivity index is 0. The third-order valence-corrected chi connectivity index (χ3v) is 1.30. The molecule has 0 spiro atoms. The van der Waals surface area contributed by atoms with E-state index in [4.69, 9.17) is 5.11 Å². The molecule has 1 aliphatic carbocycles. The maximum Gasteiger partial charge on any atom is 1.00 e. The maximum absolute atomic E-state index is 10.2. The minimum Gasteiger partial charge on any atom is -1.00 e. The maximum atomic E-state index is 10.2. The second kappa shape index (κ2) is 3.05. The van der Waals surface area contributed by atoms with Gasteiger partial charge in [-0.25, -0.2) is 0 Å². The van der Waals surface area contributed by atoms with Crippen LogP contribution in [0.3, 0.4) is 0 Å². The Morgan fingerprint density at radius 1 is 1.67 bits per heavy atom. The summed E-state index contributed by atoms with van der Waals surface area (Å²) >= 11 is 0. The third-order valence-electron chi connectivity index (χ3n) is 1.30. The van der Waals surface area contributed by atoms with Gasteiger partial charge in [0.15, 0.2) is 0 Å². The molecule has 1 rings (SSSR count). The normalized spacial score (nSPS) is 18.0. The molecule has 1 fully saturated rings. The summed E-state index contributed by atoms with van der Waals surface area (Å²) < 4.78 is 0. The summed E-state index contributed by atoms with van der Waals surface area (Å²) in [4.78, 5) is 20.1. The smallest absolute Gasteiger partial charge is 1.00 e. The molecule has 0 aromatic heterocycles. The fraction of sp³-hybridized carbons (Fsp3) is 0.600. The Morgan fingerprint density at radius 3 is 2.22 bits per heavy atom. The van der Waals surface area contributed by atoms with Crippen molar-refractivity contribution in [3.8, 4) is 0 Å². The minimum atomic E-state index is -0.843. The van der Waals surface area contributed by atoms with Crippen LogP contribution in [0, 0.1) is 5.92 Å². The third kappa shape index (κ3) is 1.85. The van der Waals surface area contributed by atoms with Crippen molar-refractivity contribution in [1.29, 1.82) is 0 Å². The van der Waals surface area contributed by atoms with Gasteiger partial charge in [-0.2, -0.15) is 0 Å². The molecule has 1 aliphatic rings. The van der Waals surface area contributed by atoms with Crippen LogP contribution in [0.4, 0.5) is 0 Å². The van der Waals surface area contributed by atoms with E-state index in [1.165, 1.54) is 0 Å². The first-order valence-electron chi connectivity index (χ1n) is 2.44. The molecule has 0 aliphatic heterocycles. The number of hydrogen-bond acceptors (Lipinski definition) is 2. The predicted molar refractivity (Wildman–Crippen MR) is 26.5 cm³/mol. The van der Waals surface area contributed by atoms with Crippen LogP contribution in [0.1, 0.15) is 14.3 Å². The number of carboxylic acid groups (broad SMARTS) is 1. The quantitative estimate of drug-likeness (QED) is 0.381. The van der Waals surface area contributed by atoms with Gasteiger partial charge < -0.3 is 6.53 Å². The Labute approximate surface area is 66.1 Å². The van der Waals surface area contributed by atoms with Crippen molar-refractivity contribution in [2.45, 2.75) is 12.8 Å². The van der Waals surface area contributed by atoms with Crippen molar-refractivity contribution >= 4 is 11.8 Å². The number of Topliss-reactive ketones (excluding diaryl/α,β-unsaturated/α-hetero) is 1. The first-order chi connectivity index (χ1) is 3.70. The van der Waals surface area contributed by atoms with Gasteiger partial charge in [0.2, 0.25) is 0 Å². The summed E-state index contributed by atoms with van der Waals surface area (Å²) in [7, 11) is 0. The molecule has 46 valence electrons. The van der Waals surface area contributed by atoms with Gasteiger partial charge in [-0.3, -0.25) is 9.59 Å². The van der Waals surface area contributed by atoms with Crippen molar-refractivity contribution < 1.29 is 35.0 Å². The largest absolute Gasteiger partial charge is 1.00 e. The molecule has 0 saturated heterocycles. The second-order valence-electron chi connectivity index (χ2n) is 1.98. The summed E-state index contributed by atoms with van der Waals surface area (Å²) in [5.41, 5.74) is 0.